The Morgan fingerprint density at radius 3 is 2.52 bits per heavy atom. The van der Waals surface area contributed by atoms with Crippen molar-refractivity contribution in [2.75, 3.05) is 27.7 Å². The molecule has 3 rings (SSSR count). The molecule has 1 aliphatic heterocycles. The first-order valence-corrected chi connectivity index (χ1v) is 10.7. The lowest BCUT2D eigenvalue weighted by Gasteiger charge is -2.17. The maximum absolute atomic E-state index is 12.1. The van der Waals surface area contributed by atoms with Crippen molar-refractivity contribution in [3.63, 3.8) is 0 Å². The molecule has 8 heteroatoms. The van der Waals surface area contributed by atoms with Crippen LogP contribution < -0.4 is 9.62 Å². The molecule has 0 bridgehead atoms. The summed E-state index contributed by atoms with van der Waals surface area (Å²) in [5.74, 6) is 0.281. The third-order valence-electron chi connectivity index (χ3n) is 3.73. The number of hydrogen-bond acceptors (Lipinski definition) is 4. The smallest absolute Gasteiger partial charge is 0.235 e. The molecule has 0 spiro atoms. The van der Waals surface area contributed by atoms with Crippen LogP contribution >= 0.6 is 23.4 Å². The van der Waals surface area contributed by atoms with Crippen molar-refractivity contribution in [1.29, 1.82) is 0 Å². The molecule has 1 N–H and O–H groups in total. The Morgan fingerprint density at radius 1 is 1.16 bits per heavy atom. The fourth-order valence-corrected chi connectivity index (χ4v) is 5.15. The molecule has 2 aromatic carbocycles. The largest absolute Gasteiger partial charge is 0.325 e. The minimum atomic E-state index is -3.19. The summed E-state index contributed by atoms with van der Waals surface area (Å²) in [5.41, 5.74) is 1.26. The van der Waals surface area contributed by atoms with Crippen molar-refractivity contribution in [2.24, 2.45) is 0 Å². The zero-order valence-electron chi connectivity index (χ0n) is 13.3. The second kappa shape index (κ2) is 7.68. The van der Waals surface area contributed by atoms with Gasteiger partial charge < -0.3 is 5.32 Å². The Bertz CT molecular complexity index is 870. The summed E-state index contributed by atoms with van der Waals surface area (Å²) >= 11 is 7.43. The van der Waals surface area contributed by atoms with Gasteiger partial charge in [-0.3, -0.25) is 9.10 Å². The van der Waals surface area contributed by atoms with E-state index in [9.17, 15) is 13.2 Å². The van der Waals surface area contributed by atoms with Crippen molar-refractivity contribution in [2.45, 2.75) is 11.3 Å². The van der Waals surface area contributed by atoms with Crippen LogP contribution in [0.2, 0.25) is 5.02 Å². The highest BCUT2D eigenvalue weighted by Crippen LogP contribution is 2.27. The van der Waals surface area contributed by atoms with Crippen LogP contribution in [0.4, 0.5) is 11.4 Å². The first-order valence-electron chi connectivity index (χ1n) is 7.73. The van der Waals surface area contributed by atoms with Crippen molar-refractivity contribution < 1.29 is 13.2 Å². The first-order chi connectivity index (χ1) is 12.0. The van der Waals surface area contributed by atoms with Crippen LogP contribution in [0.3, 0.4) is 0 Å². The lowest BCUT2D eigenvalue weighted by atomic mass is 10.2. The van der Waals surface area contributed by atoms with E-state index in [0.29, 0.717) is 29.4 Å². The monoisotopic (exact) mass is 396 g/mol. The SMILES string of the molecule is O=C(CSc1ccccc1Cl)Nc1ccc(N2CCCS2(=O)=O)cc1. The number of halogens is 1. The summed E-state index contributed by atoms with van der Waals surface area (Å²) < 4.78 is 25.2. The fourth-order valence-electron chi connectivity index (χ4n) is 2.54. The van der Waals surface area contributed by atoms with Crippen molar-refractivity contribution in [1.82, 2.24) is 0 Å². The number of nitrogens with zero attached hydrogens (tertiary/aromatic N) is 1. The number of carbonyl (C=O) groups excluding carboxylic acids is 1. The Balaban J connectivity index is 1.58. The number of thioether (sulfide) groups is 1. The van der Waals surface area contributed by atoms with Crippen LogP contribution in [-0.2, 0) is 14.8 Å². The normalized spacial score (nSPS) is 16.0. The number of amides is 1. The number of anilines is 2. The molecule has 0 atom stereocenters. The van der Waals surface area contributed by atoms with Gasteiger partial charge in [0.25, 0.3) is 0 Å². The second-order valence-corrected chi connectivity index (χ2v) is 8.99. The van der Waals surface area contributed by atoms with Crippen LogP contribution in [0.15, 0.2) is 53.4 Å². The van der Waals surface area contributed by atoms with Crippen molar-refractivity contribution in [3.8, 4) is 0 Å². The topological polar surface area (TPSA) is 66.5 Å². The Hall–Kier alpha value is -1.70. The molecule has 0 unspecified atom stereocenters. The minimum absolute atomic E-state index is 0.147. The summed E-state index contributed by atoms with van der Waals surface area (Å²) in [6.45, 7) is 0.502. The number of carbonyl (C=O) groups is 1. The van der Waals surface area contributed by atoms with Gasteiger partial charge in [0.05, 0.1) is 22.2 Å². The summed E-state index contributed by atoms with van der Waals surface area (Å²) in [7, 11) is -3.19. The van der Waals surface area contributed by atoms with Gasteiger partial charge in [0.15, 0.2) is 0 Å². The molecular formula is C17H17ClN2O3S2. The van der Waals surface area contributed by atoms with E-state index in [1.54, 1.807) is 30.3 Å². The predicted octanol–water partition coefficient (Wildman–Crippen LogP) is 3.61. The standard InChI is InChI=1S/C17H17ClN2O3S2/c18-15-4-1-2-5-16(15)24-12-17(21)19-13-6-8-14(9-7-13)20-10-3-11-25(20,22)23/h1-2,4-9H,3,10-12H2,(H,19,21). The van der Waals surface area contributed by atoms with Crippen molar-refractivity contribution >= 4 is 50.7 Å². The first kappa shape index (κ1) is 18.1. The highest BCUT2D eigenvalue weighted by Gasteiger charge is 2.28. The Labute approximate surface area is 156 Å². The van der Waals surface area contributed by atoms with E-state index in [1.807, 2.05) is 18.2 Å². The number of sulfonamides is 1. The summed E-state index contributed by atoms with van der Waals surface area (Å²) in [6.07, 6.45) is 0.639. The highest BCUT2D eigenvalue weighted by molar-refractivity contribution is 8.00. The van der Waals surface area contributed by atoms with Gasteiger partial charge in [0, 0.05) is 17.1 Å². The van der Waals surface area contributed by atoms with Crippen LogP contribution in [0.25, 0.3) is 0 Å². The van der Waals surface area contributed by atoms with Gasteiger partial charge in [-0.15, -0.1) is 11.8 Å². The van der Waals surface area contributed by atoms with Crippen molar-refractivity contribution in [3.05, 3.63) is 53.6 Å². The molecule has 1 aliphatic rings. The fraction of sp³-hybridized carbons (Fsp3) is 0.235. The van der Waals surface area contributed by atoms with E-state index in [-0.39, 0.29) is 17.4 Å². The molecule has 1 saturated heterocycles. The lowest BCUT2D eigenvalue weighted by Crippen LogP contribution is -2.25. The van der Waals surface area contributed by atoms with Crippen LogP contribution in [0, 0.1) is 0 Å². The van der Waals surface area contributed by atoms with E-state index in [1.165, 1.54) is 16.1 Å². The van der Waals surface area contributed by atoms with Gasteiger partial charge in [-0.25, -0.2) is 8.42 Å². The predicted molar refractivity (Wildman–Crippen MR) is 103 cm³/mol. The van der Waals surface area contributed by atoms with E-state index in [4.69, 9.17) is 11.6 Å². The molecule has 1 heterocycles. The molecule has 1 fully saturated rings. The van der Waals surface area contributed by atoms with Crippen LogP contribution in [-0.4, -0.2) is 32.4 Å². The minimum Gasteiger partial charge on any atom is -0.325 e. The second-order valence-electron chi connectivity index (χ2n) is 5.56. The average molecular weight is 397 g/mol. The van der Waals surface area contributed by atoms with E-state index >= 15 is 0 Å². The third kappa shape index (κ3) is 4.48. The summed E-state index contributed by atoms with van der Waals surface area (Å²) in [4.78, 5) is 12.9. The summed E-state index contributed by atoms with van der Waals surface area (Å²) in [6, 6.07) is 14.2. The number of nitrogens with one attached hydrogen (secondary N) is 1. The molecular weight excluding hydrogens is 380 g/mol. The van der Waals surface area contributed by atoms with E-state index < -0.39 is 10.0 Å². The Morgan fingerprint density at radius 2 is 1.88 bits per heavy atom. The average Bonchev–Trinajstić information content (AvgIpc) is 2.94. The van der Waals surface area contributed by atoms with Gasteiger partial charge in [0.2, 0.25) is 15.9 Å². The highest BCUT2D eigenvalue weighted by atomic mass is 35.5. The molecule has 25 heavy (non-hydrogen) atoms. The van der Waals surface area contributed by atoms with Gasteiger partial charge in [-0.1, -0.05) is 23.7 Å². The zero-order chi connectivity index (χ0) is 17.9. The van der Waals surface area contributed by atoms with E-state index in [2.05, 4.69) is 5.32 Å². The van der Waals surface area contributed by atoms with Crippen LogP contribution in [0.1, 0.15) is 6.42 Å². The lowest BCUT2D eigenvalue weighted by molar-refractivity contribution is -0.113. The maximum atomic E-state index is 12.1. The Kier molecular flexibility index (Phi) is 5.56. The summed E-state index contributed by atoms with van der Waals surface area (Å²) in [5, 5.41) is 3.42. The van der Waals surface area contributed by atoms with Gasteiger partial charge >= 0.3 is 0 Å². The maximum Gasteiger partial charge on any atom is 0.235 e. The van der Waals surface area contributed by atoms with Gasteiger partial charge in [-0.05, 0) is 42.8 Å². The molecule has 1 amide bonds. The quantitative estimate of drug-likeness (QED) is 0.784. The van der Waals surface area contributed by atoms with E-state index in [0.717, 1.165) is 4.90 Å². The zero-order valence-corrected chi connectivity index (χ0v) is 15.7. The molecule has 132 valence electrons. The van der Waals surface area contributed by atoms with Gasteiger partial charge in [0.1, 0.15) is 0 Å². The molecule has 2 aromatic rings. The molecule has 0 aromatic heterocycles. The molecule has 0 aliphatic carbocycles. The molecule has 0 radical (unpaired) electrons. The number of hydrogen-bond donors (Lipinski definition) is 1. The number of rotatable bonds is 5. The van der Waals surface area contributed by atoms with Gasteiger partial charge in [-0.2, -0.15) is 0 Å². The van der Waals surface area contributed by atoms with Crippen LogP contribution in [0.5, 0.6) is 0 Å². The molecule has 5 nitrogen and oxygen atoms in total. The molecule has 0 saturated carbocycles. The third-order valence-corrected chi connectivity index (χ3v) is 7.12. The number of benzene rings is 2.